The van der Waals surface area contributed by atoms with Crippen molar-refractivity contribution in [3.8, 4) is 22.8 Å². The molecule has 0 bridgehead atoms. The first-order valence-corrected chi connectivity index (χ1v) is 6.78. The Labute approximate surface area is 128 Å². The van der Waals surface area contributed by atoms with Crippen molar-refractivity contribution in [1.29, 1.82) is 0 Å². The van der Waals surface area contributed by atoms with E-state index in [1.165, 1.54) is 6.33 Å². The van der Waals surface area contributed by atoms with Gasteiger partial charge in [0.05, 0.1) is 18.5 Å². The first-order valence-electron chi connectivity index (χ1n) is 6.78. The SMILES string of the molecule is COc1ccccc1Nc1cc(-c2ccc(O)cc2)ncn1. The van der Waals surface area contributed by atoms with Crippen LogP contribution in [0.15, 0.2) is 60.9 Å². The van der Waals surface area contributed by atoms with Crippen LogP contribution in [0.5, 0.6) is 11.5 Å². The van der Waals surface area contributed by atoms with E-state index in [0.717, 1.165) is 22.7 Å². The van der Waals surface area contributed by atoms with Gasteiger partial charge < -0.3 is 15.2 Å². The monoisotopic (exact) mass is 293 g/mol. The Morgan fingerprint density at radius 3 is 2.55 bits per heavy atom. The van der Waals surface area contributed by atoms with Crippen LogP contribution in [0.1, 0.15) is 0 Å². The molecule has 0 saturated heterocycles. The van der Waals surface area contributed by atoms with Gasteiger partial charge in [-0.1, -0.05) is 12.1 Å². The van der Waals surface area contributed by atoms with Gasteiger partial charge in [-0.2, -0.15) is 0 Å². The van der Waals surface area contributed by atoms with E-state index in [1.807, 2.05) is 42.5 Å². The predicted molar refractivity (Wildman–Crippen MR) is 85.4 cm³/mol. The molecule has 0 radical (unpaired) electrons. The van der Waals surface area contributed by atoms with Crippen molar-refractivity contribution in [2.24, 2.45) is 0 Å². The molecule has 5 heteroatoms. The molecule has 3 rings (SSSR count). The number of benzene rings is 2. The lowest BCUT2D eigenvalue weighted by molar-refractivity contribution is 0.417. The van der Waals surface area contributed by atoms with Crippen molar-refractivity contribution in [2.45, 2.75) is 0 Å². The zero-order chi connectivity index (χ0) is 15.4. The fraction of sp³-hybridized carbons (Fsp3) is 0.0588. The molecule has 3 aromatic rings. The topological polar surface area (TPSA) is 67.3 Å². The second-order valence-electron chi connectivity index (χ2n) is 4.66. The number of methoxy groups -OCH3 is 1. The summed E-state index contributed by atoms with van der Waals surface area (Å²) in [6, 6.07) is 16.4. The molecule has 0 aliphatic carbocycles. The summed E-state index contributed by atoms with van der Waals surface area (Å²) in [5.74, 6) is 1.64. The Morgan fingerprint density at radius 1 is 1.00 bits per heavy atom. The number of rotatable bonds is 4. The van der Waals surface area contributed by atoms with Gasteiger partial charge in [-0.15, -0.1) is 0 Å². The highest BCUT2D eigenvalue weighted by atomic mass is 16.5. The van der Waals surface area contributed by atoms with Crippen LogP contribution in [-0.4, -0.2) is 22.2 Å². The van der Waals surface area contributed by atoms with E-state index in [4.69, 9.17) is 4.74 Å². The van der Waals surface area contributed by atoms with Crippen molar-refractivity contribution >= 4 is 11.5 Å². The lowest BCUT2D eigenvalue weighted by Gasteiger charge is -2.10. The van der Waals surface area contributed by atoms with Crippen molar-refractivity contribution in [3.63, 3.8) is 0 Å². The van der Waals surface area contributed by atoms with Gasteiger partial charge in [0.25, 0.3) is 0 Å². The van der Waals surface area contributed by atoms with Crippen LogP contribution in [0.25, 0.3) is 11.3 Å². The molecular weight excluding hydrogens is 278 g/mol. The molecule has 0 aliphatic heterocycles. The Morgan fingerprint density at radius 2 is 1.77 bits per heavy atom. The van der Waals surface area contributed by atoms with Gasteiger partial charge in [0, 0.05) is 11.6 Å². The van der Waals surface area contributed by atoms with Gasteiger partial charge in [-0.3, -0.25) is 0 Å². The third kappa shape index (κ3) is 2.98. The highest BCUT2D eigenvalue weighted by molar-refractivity contribution is 5.68. The van der Waals surface area contributed by atoms with Gasteiger partial charge in [0.15, 0.2) is 0 Å². The maximum Gasteiger partial charge on any atom is 0.142 e. The van der Waals surface area contributed by atoms with Crippen molar-refractivity contribution in [2.75, 3.05) is 12.4 Å². The number of anilines is 2. The van der Waals surface area contributed by atoms with Crippen LogP contribution in [0.2, 0.25) is 0 Å². The number of hydrogen-bond donors (Lipinski definition) is 2. The Bertz CT molecular complexity index is 773. The van der Waals surface area contributed by atoms with E-state index >= 15 is 0 Å². The molecule has 0 atom stereocenters. The molecule has 0 amide bonds. The average molecular weight is 293 g/mol. The highest BCUT2D eigenvalue weighted by Gasteiger charge is 2.05. The normalized spacial score (nSPS) is 10.2. The summed E-state index contributed by atoms with van der Waals surface area (Å²) in [5.41, 5.74) is 2.51. The van der Waals surface area contributed by atoms with Gasteiger partial charge in [0.2, 0.25) is 0 Å². The van der Waals surface area contributed by atoms with Crippen LogP contribution in [0, 0.1) is 0 Å². The molecule has 0 unspecified atom stereocenters. The second-order valence-corrected chi connectivity index (χ2v) is 4.66. The molecule has 0 spiro atoms. The van der Waals surface area contributed by atoms with E-state index in [-0.39, 0.29) is 5.75 Å². The maximum atomic E-state index is 9.35. The zero-order valence-electron chi connectivity index (χ0n) is 12.0. The Balaban J connectivity index is 1.89. The largest absolute Gasteiger partial charge is 0.508 e. The summed E-state index contributed by atoms with van der Waals surface area (Å²) in [7, 11) is 1.63. The first-order chi connectivity index (χ1) is 10.8. The Kier molecular flexibility index (Phi) is 3.87. The molecule has 0 aliphatic rings. The molecule has 1 aromatic heterocycles. The minimum atomic E-state index is 0.227. The third-order valence-corrected chi connectivity index (χ3v) is 3.20. The summed E-state index contributed by atoms with van der Waals surface area (Å²) in [6.07, 6.45) is 1.50. The predicted octanol–water partition coefficient (Wildman–Crippen LogP) is 3.60. The number of aromatic nitrogens is 2. The fourth-order valence-electron chi connectivity index (χ4n) is 2.10. The molecule has 2 N–H and O–H groups in total. The van der Waals surface area contributed by atoms with E-state index in [9.17, 15) is 5.11 Å². The summed E-state index contributed by atoms with van der Waals surface area (Å²) < 4.78 is 5.31. The number of nitrogens with one attached hydrogen (secondary N) is 1. The van der Waals surface area contributed by atoms with Crippen LogP contribution in [-0.2, 0) is 0 Å². The lowest BCUT2D eigenvalue weighted by atomic mass is 10.1. The van der Waals surface area contributed by atoms with Gasteiger partial charge in [-0.05, 0) is 36.4 Å². The van der Waals surface area contributed by atoms with E-state index in [0.29, 0.717) is 5.82 Å². The number of para-hydroxylation sites is 2. The molecule has 0 saturated carbocycles. The van der Waals surface area contributed by atoms with Gasteiger partial charge in [-0.25, -0.2) is 9.97 Å². The zero-order valence-corrected chi connectivity index (χ0v) is 12.0. The van der Waals surface area contributed by atoms with Crippen molar-refractivity contribution in [1.82, 2.24) is 9.97 Å². The fourth-order valence-corrected chi connectivity index (χ4v) is 2.10. The van der Waals surface area contributed by atoms with Gasteiger partial charge in [0.1, 0.15) is 23.6 Å². The standard InChI is InChI=1S/C17H15N3O2/c1-22-16-5-3-2-4-14(16)20-17-10-15(18-11-19-17)12-6-8-13(21)9-7-12/h2-11,21H,1H3,(H,18,19,20). The van der Waals surface area contributed by atoms with Crippen molar-refractivity contribution < 1.29 is 9.84 Å². The number of phenolic OH excluding ortho intramolecular Hbond substituents is 1. The van der Waals surface area contributed by atoms with Crippen LogP contribution in [0.4, 0.5) is 11.5 Å². The van der Waals surface area contributed by atoms with Crippen LogP contribution in [0.3, 0.4) is 0 Å². The minimum absolute atomic E-state index is 0.227. The Hall–Kier alpha value is -3.08. The van der Waals surface area contributed by atoms with Crippen LogP contribution >= 0.6 is 0 Å². The summed E-state index contributed by atoms with van der Waals surface area (Å²) in [5, 5.41) is 12.6. The van der Waals surface area contributed by atoms with Crippen LogP contribution < -0.4 is 10.1 Å². The summed E-state index contributed by atoms with van der Waals surface area (Å²) in [6.45, 7) is 0. The first kappa shape index (κ1) is 13.9. The van der Waals surface area contributed by atoms with E-state index < -0.39 is 0 Å². The number of phenols is 1. The molecule has 110 valence electrons. The molecule has 2 aromatic carbocycles. The number of ether oxygens (including phenoxy) is 1. The summed E-state index contributed by atoms with van der Waals surface area (Å²) in [4.78, 5) is 8.49. The summed E-state index contributed by atoms with van der Waals surface area (Å²) >= 11 is 0. The molecule has 5 nitrogen and oxygen atoms in total. The third-order valence-electron chi connectivity index (χ3n) is 3.20. The minimum Gasteiger partial charge on any atom is -0.508 e. The maximum absolute atomic E-state index is 9.35. The molecule has 1 heterocycles. The quantitative estimate of drug-likeness (QED) is 0.769. The molecule has 0 fully saturated rings. The molecule has 22 heavy (non-hydrogen) atoms. The van der Waals surface area contributed by atoms with Crippen molar-refractivity contribution in [3.05, 3.63) is 60.9 Å². The highest BCUT2D eigenvalue weighted by Crippen LogP contribution is 2.27. The smallest absolute Gasteiger partial charge is 0.142 e. The lowest BCUT2D eigenvalue weighted by Crippen LogP contribution is -1.97. The number of nitrogens with zero attached hydrogens (tertiary/aromatic N) is 2. The number of hydrogen-bond acceptors (Lipinski definition) is 5. The van der Waals surface area contributed by atoms with E-state index in [2.05, 4.69) is 15.3 Å². The molecular formula is C17H15N3O2. The number of aromatic hydroxyl groups is 1. The van der Waals surface area contributed by atoms with Gasteiger partial charge >= 0.3 is 0 Å². The average Bonchev–Trinajstić information content (AvgIpc) is 2.56. The van der Waals surface area contributed by atoms with E-state index in [1.54, 1.807) is 19.2 Å². The second kappa shape index (κ2) is 6.13.